The van der Waals surface area contributed by atoms with Crippen molar-refractivity contribution < 1.29 is 0 Å². The van der Waals surface area contributed by atoms with Crippen LogP contribution < -0.4 is 5.32 Å². The van der Waals surface area contributed by atoms with Gasteiger partial charge in [-0.3, -0.25) is 4.90 Å². The van der Waals surface area contributed by atoms with E-state index in [4.69, 9.17) is 0 Å². The van der Waals surface area contributed by atoms with Crippen LogP contribution in [0.4, 0.5) is 5.69 Å². The molecule has 0 saturated carbocycles. The second kappa shape index (κ2) is 3.48. The first-order valence-electron chi connectivity index (χ1n) is 6.74. The minimum absolute atomic E-state index is 0.471. The molecular formula is C16H18N2. The molecule has 1 aromatic rings. The molecule has 0 amide bonds. The summed E-state index contributed by atoms with van der Waals surface area (Å²) >= 11 is 0. The molecule has 0 unspecified atom stereocenters. The van der Waals surface area contributed by atoms with Crippen LogP contribution in [0.1, 0.15) is 18.1 Å². The number of benzene rings is 1. The molecule has 0 aromatic heterocycles. The Hall–Kier alpha value is -1.54. The maximum atomic E-state index is 3.50. The quantitative estimate of drug-likeness (QED) is 0.747. The highest BCUT2D eigenvalue weighted by Crippen LogP contribution is 2.44. The monoisotopic (exact) mass is 238 g/mol. The average Bonchev–Trinajstić information content (AvgIpc) is 2.76. The third-order valence-corrected chi connectivity index (χ3v) is 4.36. The number of anilines is 1. The number of nitrogens with one attached hydrogen (secondary N) is 1. The maximum absolute atomic E-state index is 3.50. The Labute approximate surface area is 108 Å². The number of rotatable bonds is 0. The summed E-state index contributed by atoms with van der Waals surface area (Å²) in [7, 11) is 2.24. The van der Waals surface area contributed by atoms with E-state index in [-0.39, 0.29) is 0 Å². The molecule has 18 heavy (non-hydrogen) atoms. The van der Waals surface area contributed by atoms with E-state index in [1.54, 1.807) is 0 Å². The summed E-state index contributed by atoms with van der Waals surface area (Å²) in [4.78, 5) is 2.47. The second-order valence-electron chi connectivity index (χ2n) is 5.76. The molecule has 0 fully saturated rings. The normalized spacial score (nSPS) is 29.0. The van der Waals surface area contributed by atoms with E-state index in [1.165, 1.54) is 28.0 Å². The van der Waals surface area contributed by atoms with Crippen molar-refractivity contribution >= 4 is 16.8 Å². The molecule has 2 aliphatic heterocycles. The van der Waals surface area contributed by atoms with Crippen LogP contribution in [0.15, 0.2) is 30.4 Å². The molecular weight excluding hydrogens is 220 g/mol. The molecule has 2 heterocycles. The van der Waals surface area contributed by atoms with Crippen molar-refractivity contribution in [2.75, 3.05) is 25.5 Å². The van der Waals surface area contributed by atoms with Gasteiger partial charge in [-0.15, -0.1) is 0 Å². The molecule has 4 rings (SSSR count). The lowest BCUT2D eigenvalue weighted by Gasteiger charge is -2.38. The molecule has 0 bridgehead atoms. The van der Waals surface area contributed by atoms with Gasteiger partial charge in [-0.05, 0) is 35.7 Å². The van der Waals surface area contributed by atoms with Crippen molar-refractivity contribution in [2.24, 2.45) is 5.92 Å². The number of hydrogen-bond acceptors (Lipinski definition) is 2. The van der Waals surface area contributed by atoms with E-state index in [1.807, 2.05) is 0 Å². The van der Waals surface area contributed by atoms with Crippen LogP contribution in [-0.2, 0) is 0 Å². The molecule has 1 N–H and O–H groups in total. The van der Waals surface area contributed by atoms with Crippen LogP contribution in [0, 0.1) is 5.92 Å². The van der Waals surface area contributed by atoms with Crippen molar-refractivity contribution in [1.82, 2.24) is 4.90 Å². The fourth-order valence-corrected chi connectivity index (χ4v) is 3.63. The molecule has 0 spiro atoms. The third-order valence-electron chi connectivity index (χ3n) is 4.36. The summed E-state index contributed by atoms with van der Waals surface area (Å²) in [6.45, 7) is 4.44. The highest BCUT2D eigenvalue weighted by atomic mass is 15.1. The van der Waals surface area contributed by atoms with Gasteiger partial charge in [0, 0.05) is 24.3 Å². The number of likely N-dealkylation sites (N-methyl/N-ethyl adjacent to an activating group) is 1. The highest BCUT2D eigenvalue weighted by Gasteiger charge is 2.33. The topological polar surface area (TPSA) is 15.3 Å². The zero-order valence-corrected chi connectivity index (χ0v) is 10.9. The Morgan fingerprint density at radius 1 is 1.28 bits per heavy atom. The average molecular weight is 238 g/mol. The number of hydrogen-bond donors (Lipinski definition) is 1. The van der Waals surface area contributed by atoms with Gasteiger partial charge in [-0.25, -0.2) is 0 Å². The summed E-state index contributed by atoms with van der Waals surface area (Å²) in [5, 5.41) is 3.50. The predicted molar refractivity (Wildman–Crippen MR) is 76.5 cm³/mol. The highest BCUT2D eigenvalue weighted by molar-refractivity contribution is 5.97. The molecule has 92 valence electrons. The summed E-state index contributed by atoms with van der Waals surface area (Å²) in [6.07, 6.45) is 4.91. The third kappa shape index (κ3) is 1.27. The molecule has 0 saturated heterocycles. The number of fused-ring (bicyclic) bond motifs is 2. The standard InChI is InChI=1S/C16H18N2/c1-10-6-13-12-4-3-5-14-16(12)11(8-17-14)7-15(13)18(2)9-10/h3-7,10,15,17H,8-9H2,1-2H3/t10-,15-/m1/s1. The first-order chi connectivity index (χ1) is 8.74. The summed E-state index contributed by atoms with van der Waals surface area (Å²) < 4.78 is 0. The fourth-order valence-electron chi connectivity index (χ4n) is 3.63. The van der Waals surface area contributed by atoms with E-state index in [2.05, 4.69) is 54.5 Å². The smallest absolute Gasteiger partial charge is 0.0538 e. The lowest BCUT2D eigenvalue weighted by Crippen LogP contribution is -2.39. The van der Waals surface area contributed by atoms with Gasteiger partial charge in [0.2, 0.25) is 0 Å². The van der Waals surface area contributed by atoms with Gasteiger partial charge >= 0.3 is 0 Å². The molecule has 2 atom stereocenters. The lowest BCUT2D eigenvalue weighted by molar-refractivity contribution is 0.285. The van der Waals surface area contributed by atoms with Crippen LogP contribution in [0.25, 0.3) is 11.1 Å². The Balaban J connectivity index is 1.98. The zero-order valence-electron chi connectivity index (χ0n) is 10.9. The SMILES string of the molecule is C[C@@H]1C=C2c3cccc4c3C(=C[C@H]2N(C)C1)CN4. The second-order valence-corrected chi connectivity index (χ2v) is 5.76. The Kier molecular flexibility index (Phi) is 2.01. The summed E-state index contributed by atoms with van der Waals surface area (Å²) in [6, 6.07) is 7.12. The minimum atomic E-state index is 0.471. The molecule has 1 aromatic carbocycles. The van der Waals surface area contributed by atoms with Crippen LogP contribution in [0.3, 0.4) is 0 Å². The van der Waals surface area contributed by atoms with Gasteiger partial charge < -0.3 is 5.32 Å². The van der Waals surface area contributed by atoms with Crippen LogP contribution in [0.2, 0.25) is 0 Å². The van der Waals surface area contributed by atoms with Crippen LogP contribution >= 0.6 is 0 Å². The van der Waals surface area contributed by atoms with E-state index in [9.17, 15) is 0 Å². The van der Waals surface area contributed by atoms with Crippen LogP contribution in [0.5, 0.6) is 0 Å². The van der Waals surface area contributed by atoms with E-state index in [0.717, 1.165) is 13.1 Å². The van der Waals surface area contributed by atoms with Gasteiger partial charge in [0.1, 0.15) is 0 Å². The van der Waals surface area contributed by atoms with E-state index in [0.29, 0.717) is 12.0 Å². The van der Waals surface area contributed by atoms with Gasteiger partial charge in [-0.2, -0.15) is 0 Å². The van der Waals surface area contributed by atoms with E-state index >= 15 is 0 Å². The molecule has 1 aliphatic carbocycles. The van der Waals surface area contributed by atoms with Gasteiger partial charge in [0.25, 0.3) is 0 Å². The number of nitrogens with zero attached hydrogens (tertiary/aromatic N) is 1. The van der Waals surface area contributed by atoms with Crippen molar-refractivity contribution in [3.8, 4) is 0 Å². The first-order valence-corrected chi connectivity index (χ1v) is 6.74. The van der Waals surface area contributed by atoms with Crippen molar-refractivity contribution in [2.45, 2.75) is 13.0 Å². The fraction of sp³-hybridized carbons (Fsp3) is 0.375. The van der Waals surface area contributed by atoms with Gasteiger partial charge in [0.05, 0.1) is 6.04 Å². The lowest BCUT2D eigenvalue weighted by atomic mass is 9.80. The Morgan fingerprint density at radius 3 is 3.06 bits per heavy atom. The zero-order chi connectivity index (χ0) is 12.3. The molecule has 0 radical (unpaired) electrons. The predicted octanol–water partition coefficient (Wildman–Crippen LogP) is 2.84. The summed E-state index contributed by atoms with van der Waals surface area (Å²) in [5.74, 6) is 0.640. The maximum Gasteiger partial charge on any atom is 0.0538 e. The molecule has 2 heteroatoms. The largest absolute Gasteiger partial charge is 0.380 e. The summed E-state index contributed by atoms with van der Waals surface area (Å²) in [5.41, 5.74) is 7.17. The minimum Gasteiger partial charge on any atom is -0.380 e. The Morgan fingerprint density at radius 2 is 2.17 bits per heavy atom. The first kappa shape index (κ1) is 10.4. The van der Waals surface area contributed by atoms with Crippen molar-refractivity contribution in [3.05, 3.63) is 41.5 Å². The van der Waals surface area contributed by atoms with Gasteiger partial charge in [0.15, 0.2) is 0 Å². The molecule has 3 aliphatic rings. The van der Waals surface area contributed by atoms with Crippen molar-refractivity contribution in [1.29, 1.82) is 0 Å². The van der Waals surface area contributed by atoms with Crippen LogP contribution in [-0.4, -0.2) is 31.1 Å². The molecule has 2 nitrogen and oxygen atoms in total. The van der Waals surface area contributed by atoms with Gasteiger partial charge in [-0.1, -0.05) is 31.2 Å². The Bertz CT molecular complexity index is 583. The van der Waals surface area contributed by atoms with Crippen molar-refractivity contribution in [3.63, 3.8) is 0 Å². The van der Waals surface area contributed by atoms with E-state index < -0.39 is 0 Å².